The lowest BCUT2D eigenvalue weighted by atomic mass is 9.84. The Morgan fingerprint density at radius 1 is 1.00 bits per heavy atom. The van der Waals surface area contributed by atoms with Crippen LogP contribution in [-0.4, -0.2) is 23.1 Å². The number of aromatic hydroxyl groups is 1. The fraction of sp³-hybridized carbons (Fsp3) is 0.304. The quantitative estimate of drug-likeness (QED) is 0.716. The molecule has 146 valence electrons. The lowest BCUT2D eigenvalue weighted by Gasteiger charge is -2.45. The summed E-state index contributed by atoms with van der Waals surface area (Å²) in [6.07, 6.45) is 4.17. The fourth-order valence-corrected chi connectivity index (χ4v) is 4.05. The van der Waals surface area contributed by atoms with Crippen molar-refractivity contribution in [2.75, 3.05) is 13.1 Å². The maximum Gasteiger partial charge on any atom is 0.416 e. The molecule has 1 unspecified atom stereocenters. The van der Waals surface area contributed by atoms with Crippen molar-refractivity contribution >= 4 is 0 Å². The first-order chi connectivity index (χ1) is 13.4. The zero-order valence-corrected chi connectivity index (χ0v) is 15.4. The van der Waals surface area contributed by atoms with Crippen LogP contribution >= 0.6 is 0 Å². The molecule has 0 aromatic heterocycles. The number of halogens is 3. The smallest absolute Gasteiger partial charge is 0.416 e. The van der Waals surface area contributed by atoms with Crippen molar-refractivity contribution < 1.29 is 18.3 Å². The van der Waals surface area contributed by atoms with Crippen molar-refractivity contribution in [2.24, 2.45) is 0 Å². The van der Waals surface area contributed by atoms with Crippen LogP contribution in [0.5, 0.6) is 5.75 Å². The minimum absolute atomic E-state index is 0.0208. The van der Waals surface area contributed by atoms with Gasteiger partial charge in [-0.15, -0.1) is 0 Å². The van der Waals surface area contributed by atoms with E-state index in [9.17, 15) is 18.3 Å². The van der Waals surface area contributed by atoms with E-state index in [1.165, 1.54) is 23.3 Å². The van der Waals surface area contributed by atoms with Gasteiger partial charge in [0.15, 0.2) is 0 Å². The zero-order valence-electron chi connectivity index (χ0n) is 15.4. The molecule has 2 aromatic rings. The minimum Gasteiger partial charge on any atom is -0.508 e. The van der Waals surface area contributed by atoms with Crippen LogP contribution in [0.1, 0.15) is 41.5 Å². The molecule has 0 amide bonds. The summed E-state index contributed by atoms with van der Waals surface area (Å²) >= 11 is 0. The first-order valence-corrected chi connectivity index (χ1v) is 9.48. The molecule has 0 spiro atoms. The highest BCUT2D eigenvalue weighted by molar-refractivity contribution is 5.40. The monoisotopic (exact) mass is 385 g/mol. The highest BCUT2D eigenvalue weighted by atomic mass is 19.4. The van der Waals surface area contributed by atoms with Crippen molar-refractivity contribution in [3.63, 3.8) is 0 Å². The van der Waals surface area contributed by atoms with Crippen LogP contribution < -0.4 is 0 Å². The van der Waals surface area contributed by atoms with Crippen LogP contribution in [0.15, 0.2) is 72.3 Å². The lowest BCUT2D eigenvalue weighted by Crippen LogP contribution is -2.47. The third kappa shape index (κ3) is 3.85. The number of nitrogens with zero attached hydrogens (tertiary/aromatic N) is 1. The average Bonchev–Trinajstić information content (AvgIpc) is 2.64. The summed E-state index contributed by atoms with van der Waals surface area (Å²) in [5, 5.41) is 9.75. The highest BCUT2D eigenvalue weighted by Crippen LogP contribution is 2.41. The Bertz CT molecular complexity index is 896. The molecule has 1 aliphatic carbocycles. The predicted molar refractivity (Wildman–Crippen MR) is 103 cm³/mol. The number of allylic oxidation sites excluding steroid dienone is 2. The van der Waals surface area contributed by atoms with Gasteiger partial charge in [0.05, 0.1) is 11.6 Å². The summed E-state index contributed by atoms with van der Waals surface area (Å²) in [5.41, 5.74) is 2.18. The van der Waals surface area contributed by atoms with E-state index in [0.717, 1.165) is 18.9 Å². The van der Waals surface area contributed by atoms with Crippen molar-refractivity contribution in [3.8, 4) is 5.75 Å². The van der Waals surface area contributed by atoms with Crippen molar-refractivity contribution in [1.29, 1.82) is 0 Å². The van der Waals surface area contributed by atoms with E-state index < -0.39 is 11.7 Å². The maximum atomic E-state index is 13.1. The molecule has 0 bridgehead atoms. The summed E-state index contributed by atoms with van der Waals surface area (Å²) in [7, 11) is 0. The second-order valence-corrected chi connectivity index (χ2v) is 7.46. The van der Waals surface area contributed by atoms with E-state index in [0.29, 0.717) is 18.7 Å². The van der Waals surface area contributed by atoms with Gasteiger partial charge in [0, 0.05) is 19.0 Å². The van der Waals surface area contributed by atoms with Gasteiger partial charge in [-0.3, -0.25) is 4.90 Å². The van der Waals surface area contributed by atoms with Gasteiger partial charge in [0.2, 0.25) is 0 Å². The normalized spacial score (nSPS) is 19.2. The largest absolute Gasteiger partial charge is 0.508 e. The zero-order chi connectivity index (χ0) is 19.7. The number of benzene rings is 2. The molecule has 5 heteroatoms. The SMILES string of the molecule is Oc1cc(C2CN(C(C3=CCCC=C3)c3ccccc3)C2)cc(C(F)(F)F)c1. The number of hydrogen-bond donors (Lipinski definition) is 1. The molecule has 1 atom stereocenters. The van der Waals surface area contributed by atoms with Gasteiger partial charge in [0.1, 0.15) is 5.75 Å². The Balaban J connectivity index is 1.56. The Kier molecular flexibility index (Phi) is 5.02. The van der Waals surface area contributed by atoms with Crippen molar-refractivity contribution in [3.05, 3.63) is 89.0 Å². The van der Waals surface area contributed by atoms with Crippen LogP contribution in [0.4, 0.5) is 13.2 Å². The summed E-state index contributed by atoms with van der Waals surface area (Å²) in [5.74, 6) is -0.353. The molecular formula is C23H22F3NO. The number of alkyl halides is 3. The molecule has 2 nitrogen and oxygen atoms in total. The van der Waals surface area contributed by atoms with Crippen LogP contribution in [0.3, 0.4) is 0 Å². The molecule has 2 aliphatic rings. The highest BCUT2D eigenvalue weighted by Gasteiger charge is 2.37. The van der Waals surface area contributed by atoms with Gasteiger partial charge in [-0.2, -0.15) is 13.2 Å². The van der Waals surface area contributed by atoms with E-state index in [1.807, 2.05) is 18.2 Å². The topological polar surface area (TPSA) is 23.5 Å². The molecule has 1 N–H and O–H groups in total. The summed E-state index contributed by atoms with van der Waals surface area (Å²) < 4.78 is 39.2. The number of rotatable bonds is 4. The van der Waals surface area contributed by atoms with Gasteiger partial charge in [-0.05, 0) is 47.7 Å². The third-order valence-electron chi connectivity index (χ3n) is 5.47. The molecule has 1 fully saturated rings. The summed E-state index contributed by atoms with van der Waals surface area (Å²) in [4.78, 5) is 2.29. The first-order valence-electron chi connectivity index (χ1n) is 9.48. The second kappa shape index (κ2) is 7.47. The number of phenols is 1. The Morgan fingerprint density at radius 3 is 2.39 bits per heavy atom. The summed E-state index contributed by atoms with van der Waals surface area (Å²) in [6.45, 7) is 1.32. The number of phenolic OH excluding ortho intramolecular Hbond substituents is 1. The second-order valence-electron chi connectivity index (χ2n) is 7.46. The van der Waals surface area contributed by atoms with Gasteiger partial charge < -0.3 is 5.11 Å². The van der Waals surface area contributed by atoms with E-state index >= 15 is 0 Å². The standard InChI is InChI=1S/C23H22F3NO/c24-23(25,26)20-11-18(12-21(28)13-20)19-14-27(15-19)22(16-7-3-1-4-8-16)17-9-5-2-6-10-17/h1,3-5,7-13,19,22,28H,2,6,14-15H2. The molecule has 0 saturated carbocycles. The Hall–Kier alpha value is -2.53. The van der Waals surface area contributed by atoms with Gasteiger partial charge in [-0.1, -0.05) is 48.6 Å². The summed E-state index contributed by atoms with van der Waals surface area (Å²) in [6, 6.07) is 13.7. The predicted octanol–water partition coefficient (Wildman–Crippen LogP) is 5.83. The van der Waals surface area contributed by atoms with Crippen LogP contribution in [0.2, 0.25) is 0 Å². The van der Waals surface area contributed by atoms with Crippen molar-refractivity contribution in [2.45, 2.75) is 31.0 Å². The lowest BCUT2D eigenvalue weighted by molar-refractivity contribution is -0.137. The van der Waals surface area contributed by atoms with Gasteiger partial charge in [-0.25, -0.2) is 0 Å². The number of hydrogen-bond acceptors (Lipinski definition) is 2. The van der Waals surface area contributed by atoms with Gasteiger partial charge in [0.25, 0.3) is 0 Å². The van der Waals surface area contributed by atoms with E-state index in [2.05, 4.69) is 35.3 Å². The molecule has 2 aromatic carbocycles. The molecule has 0 radical (unpaired) electrons. The first kappa shape index (κ1) is 18.8. The molecule has 1 saturated heterocycles. The molecule has 1 heterocycles. The van der Waals surface area contributed by atoms with Crippen molar-refractivity contribution in [1.82, 2.24) is 4.90 Å². The van der Waals surface area contributed by atoms with E-state index in [-0.39, 0.29) is 17.7 Å². The molecule has 28 heavy (non-hydrogen) atoms. The average molecular weight is 385 g/mol. The maximum absolute atomic E-state index is 13.1. The van der Waals surface area contributed by atoms with Crippen LogP contribution in [0, 0.1) is 0 Å². The van der Waals surface area contributed by atoms with Gasteiger partial charge >= 0.3 is 6.18 Å². The Morgan fingerprint density at radius 2 is 1.75 bits per heavy atom. The van der Waals surface area contributed by atoms with E-state index in [4.69, 9.17) is 0 Å². The minimum atomic E-state index is -4.46. The molecular weight excluding hydrogens is 363 g/mol. The molecule has 4 rings (SSSR count). The fourth-order valence-electron chi connectivity index (χ4n) is 4.05. The molecule has 1 aliphatic heterocycles. The number of likely N-dealkylation sites (tertiary alicyclic amines) is 1. The van der Waals surface area contributed by atoms with E-state index in [1.54, 1.807) is 0 Å². The Labute approximate surface area is 162 Å². The third-order valence-corrected chi connectivity index (χ3v) is 5.47. The van der Waals surface area contributed by atoms with Crippen LogP contribution in [-0.2, 0) is 6.18 Å². The van der Waals surface area contributed by atoms with Crippen LogP contribution in [0.25, 0.3) is 0 Å².